The van der Waals surface area contributed by atoms with Crippen molar-refractivity contribution >= 4 is 33.0 Å². The van der Waals surface area contributed by atoms with Gasteiger partial charge in [-0.15, -0.1) is 0 Å². The Kier molecular flexibility index (Phi) is 6.12. The van der Waals surface area contributed by atoms with Gasteiger partial charge >= 0.3 is 0 Å². The predicted molar refractivity (Wildman–Crippen MR) is 81.8 cm³/mol. The number of sulfone groups is 1. The van der Waals surface area contributed by atoms with Gasteiger partial charge in [0.15, 0.2) is 9.84 Å². The van der Waals surface area contributed by atoms with Gasteiger partial charge in [0.05, 0.1) is 21.3 Å². The van der Waals surface area contributed by atoms with Gasteiger partial charge in [-0.25, -0.2) is 8.42 Å². The zero-order valence-corrected chi connectivity index (χ0v) is 13.6. The van der Waals surface area contributed by atoms with Crippen LogP contribution >= 0.6 is 23.2 Å². The summed E-state index contributed by atoms with van der Waals surface area (Å²) in [6.07, 6.45) is 2.14. The smallest absolute Gasteiger partial charge is 0.151 e. The molecule has 0 saturated carbocycles. The van der Waals surface area contributed by atoms with E-state index in [0.29, 0.717) is 16.6 Å². The molecule has 0 aliphatic heterocycles. The molecular formula is C13H19Cl2NO2S. The molecule has 1 N–H and O–H groups in total. The van der Waals surface area contributed by atoms with Gasteiger partial charge in [0.1, 0.15) is 0 Å². The van der Waals surface area contributed by atoms with Crippen LogP contribution in [0.1, 0.15) is 31.9 Å². The second-order valence-electron chi connectivity index (χ2n) is 4.61. The molecule has 108 valence electrons. The summed E-state index contributed by atoms with van der Waals surface area (Å²) in [4.78, 5) is 0. The van der Waals surface area contributed by atoms with Crippen LogP contribution in [0.2, 0.25) is 10.0 Å². The topological polar surface area (TPSA) is 46.2 Å². The lowest BCUT2D eigenvalue weighted by molar-refractivity contribution is 0.500. The van der Waals surface area contributed by atoms with E-state index in [9.17, 15) is 8.42 Å². The summed E-state index contributed by atoms with van der Waals surface area (Å²) in [6, 6.07) is 4.92. The maximum atomic E-state index is 11.8. The van der Waals surface area contributed by atoms with E-state index in [2.05, 4.69) is 5.32 Å². The molecule has 1 aromatic rings. The molecule has 0 heterocycles. The van der Waals surface area contributed by atoms with Crippen LogP contribution in [0.3, 0.4) is 0 Å². The van der Waals surface area contributed by atoms with Crippen molar-refractivity contribution in [3.05, 3.63) is 33.8 Å². The van der Waals surface area contributed by atoms with E-state index in [1.165, 1.54) is 6.26 Å². The van der Waals surface area contributed by atoms with Crippen LogP contribution in [0, 0.1) is 0 Å². The summed E-state index contributed by atoms with van der Waals surface area (Å²) in [5.74, 6) is 0. The van der Waals surface area contributed by atoms with Crippen LogP contribution < -0.4 is 5.32 Å². The normalized spacial score (nSPS) is 15.2. The summed E-state index contributed by atoms with van der Waals surface area (Å²) in [6.45, 7) is 4.42. The Hall–Kier alpha value is -0.290. The van der Waals surface area contributed by atoms with E-state index in [-0.39, 0.29) is 6.04 Å². The average Bonchev–Trinajstić information content (AvgIpc) is 2.33. The van der Waals surface area contributed by atoms with Crippen molar-refractivity contribution in [1.29, 1.82) is 0 Å². The van der Waals surface area contributed by atoms with E-state index >= 15 is 0 Å². The fraction of sp³-hybridized carbons (Fsp3) is 0.538. The van der Waals surface area contributed by atoms with Crippen molar-refractivity contribution in [3.63, 3.8) is 0 Å². The molecular weight excluding hydrogens is 305 g/mol. The molecule has 6 heteroatoms. The van der Waals surface area contributed by atoms with Crippen LogP contribution in [-0.2, 0) is 9.84 Å². The first-order chi connectivity index (χ1) is 8.79. The molecule has 2 atom stereocenters. The number of benzene rings is 1. The molecule has 3 nitrogen and oxygen atoms in total. The Labute approximate surface area is 125 Å². The zero-order valence-electron chi connectivity index (χ0n) is 11.3. The lowest BCUT2D eigenvalue weighted by Crippen LogP contribution is -2.35. The largest absolute Gasteiger partial charge is 0.309 e. The zero-order chi connectivity index (χ0) is 14.6. The lowest BCUT2D eigenvalue weighted by atomic mass is 10.0. The van der Waals surface area contributed by atoms with Gasteiger partial charge in [-0.2, -0.15) is 0 Å². The summed E-state index contributed by atoms with van der Waals surface area (Å²) in [5, 5.41) is 3.51. The third kappa shape index (κ3) is 4.35. The second kappa shape index (κ2) is 6.93. The SMILES string of the molecule is CCCNC(c1cccc(Cl)c1Cl)C(C)S(C)(=O)=O. The molecule has 0 aliphatic carbocycles. The fourth-order valence-electron chi connectivity index (χ4n) is 1.84. The number of hydrogen-bond donors (Lipinski definition) is 1. The molecule has 0 fully saturated rings. The number of halogens is 2. The molecule has 19 heavy (non-hydrogen) atoms. The van der Waals surface area contributed by atoms with E-state index in [1.807, 2.05) is 13.0 Å². The van der Waals surface area contributed by atoms with Crippen LogP contribution in [0.25, 0.3) is 0 Å². The van der Waals surface area contributed by atoms with Crippen molar-refractivity contribution in [1.82, 2.24) is 5.32 Å². The van der Waals surface area contributed by atoms with Crippen LogP contribution in [0.4, 0.5) is 0 Å². The minimum Gasteiger partial charge on any atom is -0.309 e. The third-order valence-electron chi connectivity index (χ3n) is 3.08. The molecule has 1 aromatic carbocycles. The molecule has 0 saturated heterocycles. The van der Waals surface area contributed by atoms with E-state index in [1.54, 1.807) is 19.1 Å². The molecule has 1 rings (SSSR count). The monoisotopic (exact) mass is 323 g/mol. The quantitative estimate of drug-likeness (QED) is 0.871. The fourth-order valence-corrected chi connectivity index (χ4v) is 3.00. The Morgan fingerprint density at radius 3 is 2.47 bits per heavy atom. The highest BCUT2D eigenvalue weighted by Crippen LogP contribution is 2.33. The van der Waals surface area contributed by atoms with Crippen molar-refractivity contribution in [3.8, 4) is 0 Å². The minimum atomic E-state index is -3.17. The first-order valence-corrected chi connectivity index (χ1v) is 8.86. The van der Waals surface area contributed by atoms with Gasteiger partial charge in [0.2, 0.25) is 0 Å². The van der Waals surface area contributed by atoms with Gasteiger partial charge in [0.25, 0.3) is 0 Å². The third-order valence-corrected chi connectivity index (χ3v) is 5.53. The second-order valence-corrected chi connectivity index (χ2v) is 7.80. The highest BCUT2D eigenvalue weighted by Gasteiger charge is 2.28. The van der Waals surface area contributed by atoms with Gasteiger partial charge in [-0.05, 0) is 31.5 Å². The van der Waals surface area contributed by atoms with Crippen LogP contribution in [-0.4, -0.2) is 26.5 Å². The molecule has 2 unspecified atom stereocenters. The Balaban J connectivity index is 3.20. The van der Waals surface area contributed by atoms with E-state index in [0.717, 1.165) is 12.0 Å². The molecule has 0 radical (unpaired) electrons. The average molecular weight is 324 g/mol. The molecule has 0 amide bonds. The highest BCUT2D eigenvalue weighted by atomic mass is 35.5. The van der Waals surface area contributed by atoms with Gasteiger partial charge in [-0.3, -0.25) is 0 Å². The summed E-state index contributed by atoms with van der Waals surface area (Å²) in [5.41, 5.74) is 0.723. The Morgan fingerprint density at radius 1 is 1.32 bits per heavy atom. The number of hydrogen-bond acceptors (Lipinski definition) is 3. The lowest BCUT2D eigenvalue weighted by Gasteiger charge is -2.25. The van der Waals surface area contributed by atoms with Gasteiger partial charge in [-0.1, -0.05) is 42.3 Å². The Bertz CT molecular complexity index is 531. The van der Waals surface area contributed by atoms with Crippen molar-refractivity contribution in [2.75, 3.05) is 12.8 Å². The first kappa shape index (κ1) is 16.8. The van der Waals surface area contributed by atoms with Crippen LogP contribution in [0.15, 0.2) is 18.2 Å². The minimum absolute atomic E-state index is 0.360. The number of nitrogens with one attached hydrogen (secondary N) is 1. The molecule has 0 bridgehead atoms. The van der Waals surface area contributed by atoms with Gasteiger partial charge in [0, 0.05) is 6.26 Å². The summed E-state index contributed by atoms with van der Waals surface area (Å²) < 4.78 is 23.6. The van der Waals surface area contributed by atoms with Crippen LogP contribution in [0.5, 0.6) is 0 Å². The first-order valence-electron chi connectivity index (χ1n) is 6.15. The Morgan fingerprint density at radius 2 is 1.95 bits per heavy atom. The van der Waals surface area contributed by atoms with Gasteiger partial charge < -0.3 is 5.32 Å². The molecule has 0 aromatic heterocycles. The predicted octanol–water partition coefficient (Wildman–Crippen LogP) is 3.47. The van der Waals surface area contributed by atoms with Crippen molar-refractivity contribution in [2.24, 2.45) is 0 Å². The number of rotatable bonds is 6. The highest BCUT2D eigenvalue weighted by molar-refractivity contribution is 7.91. The summed E-state index contributed by atoms with van der Waals surface area (Å²) >= 11 is 12.2. The summed E-state index contributed by atoms with van der Waals surface area (Å²) in [7, 11) is -3.17. The van der Waals surface area contributed by atoms with E-state index < -0.39 is 15.1 Å². The molecule has 0 aliphatic rings. The maximum absolute atomic E-state index is 11.8. The molecule has 0 spiro atoms. The van der Waals surface area contributed by atoms with Crippen molar-refractivity contribution < 1.29 is 8.42 Å². The van der Waals surface area contributed by atoms with E-state index in [4.69, 9.17) is 23.2 Å². The standard InChI is InChI=1S/C13H19Cl2NO2S/c1-4-8-16-13(9(2)19(3,17)18)10-6-5-7-11(14)12(10)15/h5-7,9,13,16H,4,8H2,1-3H3. The van der Waals surface area contributed by atoms with Crippen molar-refractivity contribution in [2.45, 2.75) is 31.6 Å². The maximum Gasteiger partial charge on any atom is 0.151 e.